The zero-order valence-electron chi connectivity index (χ0n) is 21.6. The van der Waals surface area contributed by atoms with E-state index >= 15 is 0 Å². The minimum Gasteiger partial charge on any atom is -0.480 e. The molecule has 2 amide bonds. The third-order valence-electron chi connectivity index (χ3n) is 7.09. The second-order valence-corrected chi connectivity index (χ2v) is 9.79. The van der Waals surface area contributed by atoms with Crippen molar-refractivity contribution in [3.05, 3.63) is 71.8 Å². The number of benzene rings is 2. The molecule has 38 heavy (non-hydrogen) atoms. The summed E-state index contributed by atoms with van der Waals surface area (Å²) in [6, 6.07) is 15.0. The number of allylic oxidation sites excluding steroid dienone is 1. The van der Waals surface area contributed by atoms with E-state index in [1.165, 1.54) is 6.42 Å². The second kappa shape index (κ2) is 13.7. The molecule has 2 aromatic carbocycles. The van der Waals surface area contributed by atoms with Gasteiger partial charge in [0.05, 0.1) is 0 Å². The Morgan fingerprint density at radius 1 is 0.921 bits per heavy atom. The summed E-state index contributed by atoms with van der Waals surface area (Å²) in [7, 11) is 0. The van der Waals surface area contributed by atoms with Gasteiger partial charge >= 0.3 is 18.2 Å². The highest BCUT2D eigenvalue weighted by Gasteiger charge is 2.29. The maximum atomic E-state index is 12.5. The van der Waals surface area contributed by atoms with Crippen LogP contribution in [0.5, 0.6) is 0 Å². The fourth-order valence-corrected chi connectivity index (χ4v) is 5.11. The summed E-state index contributed by atoms with van der Waals surface area (Å²) >= 11 is 0. The molecule has 0 spiro atoms. The summed E-state index contributed by atoms with van der Waals surface area (Å²) in [5, 5.41) is 14.8. The van der Waals surface area contributed by atoms with E-state index in [9.17, 15) is 19.5 Å². The Morgan fingerprint density at radius 3 is 2.34 bits per heavy atom. The zero-order valence-corrected chi connectivity index (χ0v) is 21.6. The number of hydrogen-bond acceptors (Lipinski definition) is 5. The molecule has 0 fully saturated rings. The monoisotopic (exact) mass is 520 g/mol. The maximum absolute atomic E-state index is 12.5. The highest BCUT2D eigenvalue weighted by molar-refractivity contribution is 5.81. The van der Waals surface area contributed by atoms with Gasteiger partial charge in [0, 0.05) is 12.5 Å². The van der Waals surface area contributed by atoms with Gasteiger partial charge in [-0.05, 0) is 73.3 Å². The number of carboxylic acids is 1. The molecular formula is C30H36N2O6. The van der Waals surface area contributed by atoms with Gasteiger partial charge in [0.25, 0.3) is 0 Å². The lowest BCUT2D eigenvalue weighted by Crippen LogP contribution is -2.41. The van der Waals surface area contributed by atoms with Crippen molar-refractivity contribution < 1.29 is 29.0 Å². The highest BCUT2D eigenvalue weighted by Crippen LogP contribution is 2.44. The summed E-state index contributed by atoms with van der Waals surface area (Å²) in [6.07, 6.45) is 9.06. The number of carbonyl (C=O) groups is 3. The van der Waals surface area contributed by atoms with Gasteiger partial charge in [-0.1, -0.05) is 61.0 Å². The summed E-state index contributed by atoms with van der Waals surface area (Å²) in [5.74, 6) is -1.22. The molecule has 8 heteroatoms. The molecule has 202 valence electrons. The fraction of sp³-hybridized carbons (Fsp3) is 0.433. The molecule has 4 rings (SSSR count). The molecule has 3 N–H and O–H groups in total. The lowest BCUT2D eigenvalue weighted by atomic mass is 9.98. The van der Waals surface area contributed by atoms with Crippen LogP contribution in [0.25, 0.3) is 11.1 Å². The van der Waals surface area contributed by atoms with Crippen LogP contribution in [-0.2, 0) is 14.3 Å². The second-order valence-electron chi connectivity index (χ2n) is 9.79. The molecule has 0 saturated heterocycles. The van der Waals surface area contributed by atoms with Gasteiger partial charge in [0.1, 0.15) is 18.8 Å². The van der Waals surface area contributed by atoms with Crippen LogP contribution >= 0.6 is 0 Å². The van der Waals surface area contributed by atoms with E-state index in [2.05, 4.69) is 28.8 Å². The van der Waals surface area contributed by atoms with Crippen LogP contribution in [0.15, 0.2) is 60.7 Å². The number of ether oxygens (including phenoxy) is 2. The van der Waals surface area contributed by atoms with E-state index in [1.807, 2.05) is 42.5 Å². The molecule has 0 bridgehead atoms. The van der Waals surface area contributed by atoms with Crippen molar-refractivity contribution in [3.63, 3.8) is 0 Å². The number of aliphatic carboxylic acids is 1. The first-order chi connectivity index (χ1) is 18.5. The van der Waals surface area contributed by atoms with E-state index in [-0.39, 0.29) is 25.0 Å². The molecule has 2 aliphatic carbocycles. The van der Waals surface area contributed by atoms with Crippen molar-refractivity contribution in [2.45, 2.75) is 69.4 Å². The number of fused-ring (bicyclic) bond motifs is 3. The van der Waals surface area contributed by atoms with Crippen LogP contribution in [0, 0.1) is 0 Å². The van der Waals surface area contributed by atoms with Crippen molar-refractivity contribution in [1.82, 2.24) is 10.6 Å². The van der Waals surface area contributed by atoms with Gasteiger partial charge in [0.2, 0.25) is 0 Å². The van der Waals surface area contributed by atoms with Crippen molar-refractivity contribution in [2.24, 2.45) is 0 Å². The van der Waals surface area contributed by atoms with Gasteiger partial charge in [-0.15, -0.1) is 0 Å². The summed E-state index contributed by atoms with van der Waals surface area (Å²) in [4.78, 5) is 36.2. The van der Waals surface area contributed by atoms with Crippen LogP contribution in [0.2, 0.25) is 0 Å². The van der Waals surface area contributed by atoms with Gasteiger partial charge < -0.3 is 25.2 Å². The average Bonchev–Trinajstić information content (AvgIpc) is 3.21. The molecule has 1 unspecified atom stereocenters. The number of nitrogens with one attached hydrogen (secondary N) is 2. The standard InChI is InChI=1S/C30H36N2O6/c33-28(34)27(18-10-11-19-31-29(35)38-21-12-4-2-1-3-5-13-21)32-30(36)37-20-26-24-16-8-6-14-22(24)23-15-7-9-17-25(23)26/h4,6-9,12,14-17,21,26-27H,1-3,5,10-11,13,18-20H2,(H,31,35)(H,32,36)(H,33,34)/b12-4-/t21?,27-/m0/s1. The third-order valence-corrected chi connectivity index (χ3v) is 7.09. The molecule has 0 radical (unpaired) electrons. The number of carbonyl (C=O) groups excluding carboxylic acids is 2. The Hall–Kier alpha value is -3.81. The minimum absolute atomic E-state index is 0.0971. The Labute approximate surface area is 223 Å². The molecule has 0 heterocycles. The Kier molecular flexibility index (Phi) is 9.78. The lowest BCUT2D eigenvalue weighted by molar-refractivity contribution is -0.139. The van der Waals surface area contributed by atoms with Crippen molar-refractivity contribution in [2.75, 3.05) is 13.2 Å². The number of rotatable bonds is 10. The van der Waals surface area contributed by atoms with Crippen LogP contribution in [0.4, 0.5) is 9.59 Å². The van der Waals surface area contributed by atoms with Gasteiger partial charge in [-0.3, -0.25) is 0 Å². The van der Waals surface area contributed by atoms with Crippen LogP contribution in [-0.4, -0.2) is 48.6 Å². The van der Waals surface area contributed by atoms with E-state index in [1.54, 1.807) is 0 Å². The first-order valence-corrected chi connectivity index (χ1v) is 13.5. The molecule has 8 nitrogen and oxygen atoms in total. The highest BCUT2D eigenvalue weighted by atomic mass is 16.6. The normalized spacial score (nSPS) is 18.2. The minimum atomic E-state index is -1.12. The summed E-state index contributed by atoms with van der Waals surface area (Å²) in [5.41, 5.74) is 4.43. The molecule has 2 aliphatic rings. The zero-order chi connectivity index (χ0) is 26.7. The van der Waals surface area contributed by atoms with Crippen molar-refractivity contribution in [1.29, 1.82) is 0 Å². The average molecular weight is 521 g/mol. The van der Waals surface area contributed by atoms with Crippen LogP contribution in [0.1, 0.15) is 68.4 Å². The SMILES string of the molecule is O=C(N[C@@H](CCCCNC(=O)OC1/C=C\CCCCC1)C(=O)O)OCC1c2ccccc2-c2ccccc21. The lowest BCUT2D eigenvalue weighted by Gasteiger charge is -2.18. The topological polar surface area (TPSA) is 114 Å². The first-order valence-electron chi connectivity index (χ1n) is 13.5. The molecule has 2 aromatic rings. The van der Waals surface area contributed by atoms with E-state index in [4.69, 9.17) is 9.47 Å². The molecule has 0 aromatic heterocycles. The molecule has 0 saturated carbocycles. The number of unbranched alkanes of at least 4 members (excludes halogenated alkanes) is 1. The van der Waals surface area contributed by atoms with Gasteiger partial charge in [0.15, 0.2) is 0 Å². The number of alkyl carbamates (subject to hydrolysis) is 2. The molecule has 0 aliphatic heterocycles. The third kappa shape index (κ3) is 7.37. The predicted octanol–water partition coefficient (Wildman–Crippen LogP) is 5.76. The van der Waals surface area contributed by atoms with E-state index < -0.39 is 24.2 Å². The predicted molar refractivity (Wildman–Crippen MR) is 144 cm³/mol. The Morgan fingerprint density at radius 2 is 1.63 bits per heavy atom. The smallest absolute Gasteiger partial charge is 0.407 e. The molecule has 2 atom stereocenters. The van der Waals surface area contributed by atoms with Gasteiger partial charge in [-0.25, -0.2) is 14.4 Å². The fourth-order valence-electron chi connectivity index (χ4n) is 5.11. The van der Waals surface area contributed by atoms with E-state index in [0.717, 1.165) is 47.9 Å². The number of amides is 2. The summed E-state index contributed by atoms with van der Waals surface area (Å²) in [6.45, 7) is 0.487. The quantitative estimate of drug-likeness (QED) is 0.271. The Bertz CT molecular complexity index is 1100. The largest absolute Gasteiger partial charge is 0.480 e. The van der Waals surface area contributed by atoms with Crippen LogP contribution in [0.3, 0.4) is 0 Å². The van der Waals surface area contributed by atoms with Gasteiger partial charge in [-0.2, -0.15) is 0 Å². The maximum Gasteiger partial charge on any atom is 0.407 e. The summed E-state index contributed by atoms with van der Waals surface area (Å²) < 4.78 is 10.9. The van der Waals surface area contributed by atoms with Crippen molar-refractivity contribution in [3.8, 4) is 11.1 Å². The van der Waals surface area contributed by atoms with Crippen molar-refractivity contribution >= 4 is 18.2 Å². The number of hydrogen-bond donors (Lipinski definition) is 3. The van der Waals surface area contributed by atoms with E-state index in [0.29, 0.717) is 19.4 Å². The molecular weight excluding hydrogens is 484 g/mol. The Balaban J connectivity index is 1.18. The van der Waals surface area contributed by atoms with Crippen LogP contribution < -0.4 is 10.6 Å². The number of carboxylic acid groups (broad SMARTS) is 1. The first kappa shape index (κ1) is 27.2.